The zero-order valence-corrected chi connectivity index (χ0v) is 13.5. The number of hydrogen-bond acceptors (Lipinski definition) is 4. The van der Waals surface area contributed by atoms with E-state index in [1.165, 1.54) is 0 Å². The van der Waals surface area contributed by atoms with Gasteiger partial charge in [0.1, 0.15) is 11.5 Å². The van der Waals surface area contributed by atoms with Gasteiger partial charge < -0.3 is 20.5 Å². The first kappa shape index (κ1) is 17.3. The van der Waals surface area contributed by atoms with Crippen molar-refractivity contribution >= 4 is 5.91 Å². The Morgan fingerprint density at radius 3 is 2.48 bits per heavy atom. The molecule has 0 bridgehead atoms. The van der Waals surface area contributed by atoms with Crippen LogP contribution in [0.25, 0.3) is 0 Å². The fraction of sp³-hybridized carbons (Fsp3) is 0.562. The van der Waals surface area contributed by atoms with Gasteiger partial charge in [0.05, 0.1) is 26.3 Å². The minimum absolute atomic E-state index is 0.144. The highest BCUT2D eigenvalue weighted by Crippen LogP contribution is 2.29. The van der Waals surface area contributed by atoms with E-state index in [1.54, 1.807) is 20.3 Å². The van der Waals surface area contributed by atoms with Crippen LogP contribution in [-0.4, -0.2) is 26.2 Å². The van der Waals surface area contributed by atoms with E-state index in [-0.39, 0.29) is 17.9 Å². The van der Waals surface area contributed by atoms with Gasteiger partial charge in [0.2, 0.25) is 5.91 Å². The standard InChI is InChI=1S/C16H26N2O3/c1-6-10(2)15(17)16(19)18-11(3)13-8-7-12(20-4)9-14(13)21-5/h7-11,15H,6,17H2,1-5H3,(H,18,19). The fourth-order valence-corrected chi connectivity index (χ4v) is 2.08. The van der Waals surface area contributed by atoms with Crippen molar-refractivity contribution in [2.45, 2.75) is 39.3 Å². The lowest BCUT2D eigenvalue weighted by atomic mass is 9.98. The molecule has 1 aromatic carbocycles. The molecule has 118 valence electrons. The average molecular weight is 294 g/mol. The topological polar surface area (TPSA) is 73.6 Å². The molecule has 0 heterocycles. The SMILES string of the molecule is CCC(C)C(N)C(=O)NC(C)c1ccc(OC)cc1OC. The first-order valence-corrected chi connectivity index (χ1v) is 7.22. The van der Waals surface area contributed by atoms with Crippen LogP contribution in [-0.2, 0) is 4.79 Å². The Labute approximate surface area is 126 Å². The summed E-state index contributed by atoms with van der Waals surface area (Å²) in [7, 11) is 3.20. The van der Waals surface area contributed by atoms with Crippen molar-refractivity contribution in [2.75, 3.05) is 14.2 Å². The number of benzene rings is 1. The van der Waals surface area contributed by atoms with E-state index in [0.717, 1.165) is 12.0 Å². The van der Waals surface area contributed by atoms with Crippen molar-refractivity contribution in [2.24, 2.45) is 11.7 Å². The van der Waals surface area contributed by atoms with Gasteiger partial charge in [-0.15, -0.1) is 0 Å². The molecule has 0 radical (unpaired) electrons. The molecule has 0 saturated carbocycles. The number of nitrogens with one attached hydrogen (secondary N) is 1. The summed E-state index contributed by atoms with van der Waals surface area (Å²) in [6, 6.07) is 4.84. The van der Waals surface area contributed by atoms with Gasteiger partial charge in [-0.05, 0) is 25.0 Å². The quantitative estimate of drug-likeness (QED) is 0.809. The third-order valence-corrected chi connectivity index (χ3v) is 3.83. The van der Waals surface area contributed by atoms with Crippen LogP contribution in [0.3, 0.4) is 0 Å². The third kappa shape index (κ3) is 4.36. The molecule has 3 unspecified atom stereocenters. The largest absolute Gasteiger partial charge is 0.497 e. The molecule has 0 aliphatic rings. The van der Waals surface area contributed by atoms with Gasteiger partial charge in [0.25, 0.3) is 0 Å². The molecule has 3 atom stereocenters. The molecule has 1 aromatic rings. The van der Waals surface area contributed by atoms with Crippen molar-refractivity contribution in [3.8, 4) is 11.5 Å². The van der Waals surface area contributed by atoms with Crippen LogP contribution in [0.1, 0.15) is 38.8 Å². The molecule has 1 rings (SSSR count). The van der Waals surface area contributed by atoms with Crippen LogP contribution in [0.15, 0.2) is 18.2 Å². The number of hydrogen-bond donors (Lipinski definition) is 2. The highest BCUT2D eigenvalue weighted by Gasteiger charge is 2.22. The summed E-state index contributed by atoms with van der Waals surface area (Å²) >= 11 is 0. The molecule has 5 nitrogen and oxygen atoms in total. The van der Waals surface area contributed by atoms with E-state index in [0.29, 0.717) is 11.5 Å². The molecule has 0 fully saturated rings. The number of carbonyl (C=O) groups excluding carboxylic acids is 1. The summed E-state index contributed by atoms with van der Waals surface area (Å²) in [6.45, 7) is 5.90. The maximum atomic E-state index is 12.1. The number of carbonyl (C=O) groups is 1. The second kappa shape index (κ2) is 7.88. The lowest BCUT2D eigenvalue weighted by Gasteiger charge is -2.22. The Hall–Kier alpha value is -1.75. The van der Waals surface area contributed by atoms with Crippen LogP contribution >= 0.6 is 0 Å². The van der Waals surface area contributed by atoms with Gasteiger partial charge in [-0.25, -0.2) is 0 Å². The van der Waals surface area contributed by atoms with Gasteiger partial charge in [0.15, 0.2) is 0 Å². The summed E-state index contributed by atoms with van der Waals surface area (Å²) < 4.78 is 10.5. The number of amides is 1. The predicted molar refractivity (Wildman–Crippen MR) is 83.5 cm³/mol. The van der Waals surface area contributed by atoms with E-state index in [1.807, 2.05) is 32.9 Å². The van der Waals surface area contributed by atoms with Gasteiger partial charge in [-0.1, -0.05) is 20.3 Å². The molecule has 5 heteroatoms. The fourth-order valence-electron chi connectivity index (χ4n) is 2.08. The lowest BCUT2D eigenvalue weighted by molar-refractivity contribution is -0.124. The maximum absolute atomic E-state index is 12.1. The van der Waals surface area contributed by atoms with E-state index in [2.05, 4.69) is 5.32 Å². The number of nitrogens with two attached hydrogens (primary N) is 1. The Morgan fingerprint density at radius 2 is 1.95 bits per heavy atom. The van der Waals surface area contributed by atoms with Gasteiger partial charge in [0, 0.05) is 11.6 Å². The molecule has 1 amide bonds. The summed E-state index contributed by atoms with van der Waals surface area (Å²) in [5.41, 5.74) is 6.84. The van der Waals surface area contributed by atoms with E-state index >= 15 is 0 Å². The van der Waals surface area contributed by atoms with Crippen molar-refractivity contribution in [1.82, 2.24) is 5.32 Å². The summed E-state index contributed by atoms with van der Waals surface area (Å²) in [6.07, 6.45) is 0.870. The van der Waals surface area contributed by atoms with E-state index < -0.39 is 6.04 Å². The summed E-state index contributed by atoms with van der Waals surface area (Å²) in [5.74, 6) is 1.40. The van der Waals surface area contributed by atoms with Crippen molar-refractivity contribution < 1.29 is 14.3 Å². The molecule has 3 N–H and O–H groups in total. The normalized spacial score (nSPS) is 15.0. The van der Waals surface area contributed by atoms with Gasteiger partial charge >= 0.3 is 0 Å². The molecule has 21 heavy (non-hydrogen) atoms. The van der Waals surface area contributed by atoms with E-state index in [9.17, 15) is 4.79 Å². The van der Waals surface area contributed by atoms with Crippen molar-refractivity contribution in [1.29, 1.82) is 0 Å². The van der Waals surface area contributed by atoms with Crippen LogP contribution < -0.4 is 20.5 Å². The first-order chi connectivity index (χ1) is 9.94. The van der Waals surface area contributed by atoms with Crippen LogP contribution in [0.5, 0.6) is 11.5 Å². The van der Waals surface area contributed by atoms with Crippen LogP contribution in [0.4, 0.5) is 0 Å². The highest BCUT2D eigenvalue weighted by molar-refractivity contribution is 5.82. The lowest BCUT2D eigenvalue weighted by Crippen LogP contribution is -2.45. The molecule has 0 aliphatic heterocycles. The molecular weight excluding hydrogens is 268 g/mol. The summed E-state index contributed by atoms with van der Waals surface area (Å²) in [5, 5.41) is 2.94. The minimum atomic E-state index is -0.498. The number of ether oxygens (including phenoxy) is 2. The van der Waals surface area contributed by atoms with Crippen LogP contribution in [0, 0.1) is 5.92 Å². The molecular formula is C16H26N2O3. The van der Waals surface area contributed by atoms with Gasteiger partial charge in [-0.2, -0.15) is 0 Å². The first-order valence-electron chi connectivity index (χ1n) is 7.22. The Morgan fingerprint density at radius 1 is 1.29 bits per heavy atom. The second-order valence-corrected chi connectivity index (χ2v) is 5.25. The second-order valence-electron chi connectivity index (χ2n) is 5.25. The Kier molecular flexibility index (Phi) is 6.49. The molecule has 0 aliphatic carbocycles. The van der Waals surface area contributed by atoms with Crippen molar-refractivity contribution in [3.63, 3.8) is 0 Å². The van der Waals surface area contributed by atoms with Gasteiger partial charge in [-0.3, -0.25) is 4.79 Å². The van der Waals surface area contributed by atoms with Crippen LogP contribution in [0.2, 0.25) is 0 Å². The van der Waals surface area contributed by atoms with E-state index in [4.69, 9.17) is 15.2 Å². The molecule has 0 aromatic heterocycles. The monoisotopic (exact) mass is 294 g/mol. The number of rotatable bonds is 7. The Bertz CT molecular complexity index is 477. The average Bonchev–Trinajstić information content (AvgIpc) is 2.52. The third-order valence-electron chi connectivity index (χ3n) is 3.83. The number of methoxy groups -OCH3 is 2. The highest BCUT2D eigenvalue weighted by atomic mass is 16.5. The smallest absolute Gasteiger partial charge is 0.237 e. The predicted octanol–water partition coefficient (Wildman–Crippen LogP) is 2.25. The minimum Gasteiger partial charge on any atom is -0.497 e. The maximum Gasteiger partial charge on any atom is 0.237 e. The Balaban J connectivity index is 2.84. The molecule has 0 spiro atoms. The zero-order valence-electron chi connectivity index (χ0n) is 13.5. The van der Waals surface area contributed by atoms with Crippen molar-refractivity contribution in [3.05, 3.63) is 23.8 Å². The summed E-state index contributed by atoms with van der Waals surface area (Å²) in [4.78, 5) is 12.1. The zero-order chi connectivity index (χ0) is 16.0. The molecule has 0 saturated heterocycles.